The summed E-state index contributed by atoms with van der Waals surface area (Å²) in [5, 5.41) is 6.33. The van der Waals surface area contributed by atoms with Crippen molar-refractivity contribution in [2.24, 2.45) is 0 Å². The molecular weight excluding hydrogens is 352 g/mol. The molecule has 1 amide bonds. The Bertz CT molecular complexity index is 760. The molecule has 152 valence electrons. The number of likely N-dealkylation sites (N-methyl/N-ethyl adjacent to an activating group) is 1. The highest BCUT2D eigenvalue weighted by atomic mass is 16.5. The summed E-state index contributed by atoms with van der Waals surface area (Å²) in [6.07, 6.45) is 0. The van der Waals surface area contributed by atoms with E-state index < -0.39 is 0 Å². The average Bonchev–Trinajstić information content (AvgIpc) is 2.71. The fourth-order valence-electron chi connectivity index (χ4n) is 2.98. The maximum absolute atomic E-state index is 11.6. The molecule has 0 bridgehead atoms. The molecule has 0 heterocycles. The zero-order valence-corrected chi connectivity index (χ0v) is 17.5. The summed E-state index contributed by atoms with van der Waals surface area (Å²) in [6.45, 7) is 9.85. The van der Waals surface area contributed by atoms with Gasteiger partial charge in [0.25, 0.3) is 5.91 Å². The molecule has 0 radical (unpaired) electrons. The predicted octanol–water partition coefficient (Wildman–Crippen LogP) is 3.67. The van der Waals surface area contributed by atoms with E-state index in [2.05, 4.69) is 55.7 Å². The molecule has 5 nitrogen and oxygen atoms in total. The Morgan fingerprint density at radius 3 is 2.46 bits per heavy atom. The Labute approximate surface area is 168 Å². The van der Waals surface area contributed by atoms with Gasteiger partial charge in [0.1, 0.15) is 0 Å². The number of rotatable bonds is 10. The minimum atomic E-state index is -0.146. The topological polar surface area (TPSA) is 59.6 Å². The molecule has 0 fully saturated rings. The van der Waals surface area contributed by atoms with Gasteiger partial charge in [0.05, 0.1) is 7.11 Å². The van der Waals surface area contributed by atoms with Crippen molar-refractivity contribution in [3.8, 4) is 11.5 Å². The van der Waals surface area contributed by atoms with Gasteiger partial charge in [-0.25, -0.2) is 0 Å². The van der Waals surface area contributed by atoms with E-state index >= 15 is 0 Å². The van der Waals surface area contributed by atoms with Gasteiger partial charge in [0.15, 0.2) is 18.1 Å². The molecule has 0 aliphatic rings. The van der Waals surface area contributed by atoms with Gasteiger partial charge in [0.2, 0.25) is 0 Å². The van der Waals surface area contributed by atoms with Crippen LogP contribution in [0.15, 0.2) is 48.5 Å². The normalized spacial score (nSPS) is 12.3. The molecule has 2 aromatic carbocycles. The third kappa shape index (κ3) is 5.73. The van der Waals surface area contributed by atoms with Crippen molar-refractivity contribution in [1.82, 2.24) is 10.6 Å². The lowest BCUT2D eigenvalue weighted by Gasteiger charge is -2.33. The van der Waals surface area contributed by atoms with E-state index in [-0.39, 0.29) is 24.0 Å². The van der Waals surface area contributed by atoms with E-state index in [4.69, 9.17) is 9.47 Å². The molecule has 0 spiro atoms. The van der Waals surface area contributed by atoms with Gasteiger partial charge in [-0.3, -0.25) is 4.79 Å². The number of hydrogen-bond acceptors (Lipinski definition) is 4. The van der Waals surface area contributed by atoms with Crippen molar-refractivity contribution >= 4 is 5.91 Å². The van der Waals surface area contributed by atoms with Crippen molar-refractivity contribution in [3.63, 3.8) is 0 Å². The number of ether oxygens (including phenoxy) is 2. The van der Waals surface area contributed by atoms with Crippen LogP contribution in [0, 0.1) is 0 Å². The van der Waals surface area contributed by atoms with Crippen molar-refractivity contribution in [1.29, 1.82) is 0 Å². The second-order valence-corrected chi connectivity index (χ2v) is 7.42. The second kappa shape index (κ2) is 10.1. The Kier molecular flexibility index (Phi) is 7.88. The zero-order chi connectivity index (χ0) is 20.6. The molecule has 0 aliphatic heterocycles. The van der Waals surface area contributed by atoms with Crippen LogP contribution in [-0.4, -0.2) is 32.2 Å². The maximum atomic E-state index is 11.6. The highest BCUT2D eigenvalue weighted by Crippen LogP contribution is 2.29. The number of carbonyl (C=O) groups is 1. The SMILES string of the molecule is CCNC(=O)COc1ccc(CNC(C)C(C)(C)c2ccccc2)cc1OC. The average molecular weight is 385 g/mol. The van der Waals surface area contributed by atoms with Gasteiger partial charge >= 0.3 is 0 Å². The first-order chi connectivity index (χ1) is 13.4. The number of amides is 1. The van der Waals surface area contributed by atoms with Crippen molar-refractivity contribution in [2.45, 2.75) is 45.7 Å². The van der Waals surface area contributed by atoms with E-state index in [0.717, 1.165) is 5.56 Å². The minimum absolute atomic E-state index is 0.00103. The molecule has 1 unspecified atom stereocenters. The Hall–Kier alpha value is -2.53. The standard InChI is InChI=1S/C23H32N2O3/c1-6-24-22(26)16-28-20-13-12-18(14-21(20)27-5)15-25-17(2)23(3,4)19-10-8-7-9-11-19/h7-14,17,25H,6,15-16H2,1-5H3,(H,24,26). The van der Waals surface area contributed by atoms with Gasteiger partial charge in [-0.15, -0.1) is 0 Å². The van der Waals surface area contributed by atoms with Crippen LogP contribution in [0.25, 0.3) is 0 Å². The molecule has 28 heavy (non-hydrogen) atoms. The van der Waals surface area contributed by atoms with Crippen LogP contribution in [0.1, 0.15) is 38.8 Å². The molecule has 2 N–H and O–H groups in total. The van der Waals surface area contributed by atoms with Gasteiger partial charge in [0, 0.05) is 24.5 Å². The molecule has 0 saturated heterocycles. The molecular formula is C23H32N2O3. The van der Waals surface area contributed by atoms with E-state index in [1.807, 2.05) is 31.2 Å². The van der Waals surface area contributed by atoms with Crippen LogP contribution < -0.4 is 20.1 Å². The molecule has 0 saturated carbocycles. The Morgan fingerprint density at radius 1 is 1.11 bits per heavy atom. The number of methoxy groups -OCH3 is 1. The number of carbonyl (C=O) groups excluding carboxylic acids is 1. The summed E-state index contributed by atoms with van der Waals surface area (Å²) in [7, 11) is 1.60. The van der Waals surface area contributed by atoms with Crippen LogP contribution in [0.5, 0.6) is 11.5 Å². The smallest absolute Gasteiger partial charge is 0.257 e. The van der Waals surface area contributed by atoms with Crippen molar-refractivity contribution in [2.75, 3.05) is 20.3 Å². The summed E-state index contributed by atoms with van der Waals surface area (Å²) in [5.74, 6) is 1.04. The van der Waals surface area contributed by atoms with E-state index in [0.29, 0.717) is 24.6 Å². The molecule has 0 aromatic heterocycles. The quantitative estimate of drug-likeness (QED) is 0.656. The summed E-state index contributed by atoms with van der Waals surface area (Å²) >= 11 is 0. The summed E-state index contributed by atoms with van der Waals surface area (Å²) in [4.78, 5) is 11.6. The second-order valence-electron chi connectivity index (χ2n) is 7.42. The first kappa shape index (κ1) is 21.8. The largest absolute Gasteiger partial charge is 0.493 e. The van der Waals surface area contributed by atoms with E-state index in [1.54, 1.807) is 7.11 Å². The zero-order valence-electron chi connectivity index (χ0n) is 17.5. The predicted molar refractivity (Wildman–Crippen MR) is 113 cm³/mol. The van der Waals surface area contributed by atoms with E-state index in [9.17, 15) is 4.79 Å². The molecule has 2 aromatic rings. The lowest BCUT2D eigenvalue weighted by atomic mass is 9.78. The van der Waals surface area contributed by atoms with Gasteiger partial charge < -0.3 is 20.1 Å². The number of benzene rings is 2. The maximum Gasteiger partial charge on any atom is 0.257 e. The Balaban J connectivity index is 1.99. The lowest BCUT2D eigenvalue weighted by molar-refractivity contribution is -0.123. The summed E-state index contributed by atoms with van der Waals surface area (Å²) in [6, 6.07) is 16.6. The van der Waals surface area contributed by atoms with Crippen LogP contribution in [0.3, 0.4) is 0 Å². The molecule has 0 aliphatic carbocycles. The van der Waals surface area contributed by atoms with Crippen molar-refractivity contribution in [3.05, 3.63) is 59.7 Å². The van der Waals surface area contributed by atoms with E-state index in [1.165, 1.54) is 5.56 Å². The molecule has 2 rings (SSSR count). The van der Waals surface area contributed by atoms with Crippen molar-refractivity contribution < 1.29 is 14.3 Å². The monoisotopic (exact) mass is 384 g/mol. The highest BCUT2D eigenvalue weighted by molar-refractivity contribution is 5.77. The lowest BCUT2D eigenvalue weighted by Crippen LogP contribution is -2.42. The minimum Gasteiger partial charge on any atom is -0.493 e. The van der Waals surface area contributed by atoms with Crippen LogP contribution in [-0.2, 0) is 16.8 Å². The summed E-state index contributed by atoms with van der Waals surface area (Å²) in [5.41, 5.74) is 2.40. The third-order valence-corrected chi connectivity index (χ3v) is 5.17. The highest BCUT2D eigenvalue weighted by Gasteiger charge is 2.27. The summed E-state index contributed by atoms with van der Waals surface area (Å²) < 4.78 is 11.0. The van der Waals surface area contributed by atoms with Crippen LogP contribution in [0.2, 0.25) is 0 Å². The fourth-order valence-corrected chi connectivity index (χ4v) is 2.98. The van der Waals surface area contributed by atoms with Gasteiger partial charge in [-0.1, -0.05) is 50.2 Å². The van der Waals surface area contributed by atoms with Crippen LogP contribution >= 0.6 is 0 Å². The first-order valence-corrected chi connectivity index (χ1v) is 9.73. The van der Waals surface area contributed by atoms with Gasteiger partial charge in [-0.2, -0.15) is 0 Å². The number of nitrogens with one attached hydrogen (secondary N) is 2. The molecule has 5 heteroatoms. The molecule has 1 atom stereocenters. The van der Waals surface area contributed by atoms with Gasteiger partial charge in [-0.05, 0) is 37.1 Å². The number of hydrogen-bond donors (Lipinski definition) is 2. The Morgan fingerprint density at radius 2 is 1.82 bits per heavy atom. The van der Waals surface area contributed by atoms with Crippen LogP contribution in [0.4, 0.5) is 0 Å². The fraction of sp³-hybridized carbons (Fsp3) is 0.435. The first-order valence-electron chi connectivity index (χ1n) is 9.73. The third-order valence-electron chi connectivity index (χ3n) is 5.17.